The number of hydrogen-bond acceptors (Lipinski definition) is 0. The van der Waals surface area contributed by atoms with Gasteiger partial charge in [0.2, 0.25) is 0 Å². The number of para-hydroxylation sites is 3. The first-order chi connectivity index (χ1) is 23.5. The first-order valence-electron chi connectivity index (χ1n) is 16.8. The molecule has 2 heterocycles. The molecule has 2 nitrogen and oxygen atoms in total. The van der Waals surface area contributed by atoms with Crippen LogP contribution in [0.2, 0.25) is 0 Å². The second-order valence-electron chi connectivity index (χ2n) is 13.4. The quantitative estimate of drug-likeness (QED) is 0.186. The molecular formula is C46H36N2. The average molecular weight is 617 g/mol. The average Bonchev–Trinajstić information content (AvgIpc) is 3.69. The van der Waals surface area contributed by atoms with E-state index in [0.717, 1.165) is 5.57 Å². The third kappa shape index (κ3) is 4.06. The SMILES string of the molecule is C=C1/C(=C\C=C/C)C(C)(C)c2cc3c(cc21)c1cc(-c2ccc4c(c2)c2ccccc2n4-c2ccccc2)ccc1n3-c1ccccc1. The molecular weight excluding hydrogens is 581 g/mol. The second-order valence-corrected chi connectivity index (χ2v) is 13.4. The number of aromatic nitrogens is 2. The standard InChI is InChI=1S/C46H36N2/c1-5-6-20-40-30(2)36-28-39-38-27-32(23-25-44(38)48(34-17-11-8-12-18-34)45(39)29-41(36)46(40,3)4)31-22-24-43-37(26-31)35-19-13-14-21-42(35)47(43)33-15-9-7-10-16-33/h5-29H,2H2,1,3-4H3/b6-5-,40-20+. The fourth-order valence-electron chi connectivity index (χ4n) is 8.04. The molecule has 2 heteroatoms. The van der Waals surface area contributed by atoms with Gasteiger partial charge in [-0.15, -0.1) is 0 Å². The molecule has 0 fully saturated rings. The molecule has 0 atom stereocenters. The summed E-state index contributed by atoms with van der Waals surface area (Å²) in [6.07, 6.45) is 6.46. The van der Waals surface area contributed by atoms with Crippen molar-refractivity contribution in [2.24, 2.45) is 0 Å². The highest BCUT2D eigenvalue weighted by atomic mass is 15.0. The van der Waals surface area contributed by atoms with E-state index in [9.17, 15) is 0 Å². The molecule has 230 valence electrons. The van der Waals surface area contributed by atoms with Gasteiger partial charge < -0.3 is 9.13 Å². The van der Waals surface area contributed by atoms with Crippen molar-refractivity contribution in [2.75, 3.05) is 0 Å². The Bertz CT molecular complexity index is 2640. The number of allylic oxidation sites excluding steroid dienone is 5. The van der Waals surface area contributed by atoms with Gasteiger partial charge in [0.25, 0.3) is 0 Å². The molecule has 0 unspecified atom stereocenters. The normalized spacial score (nSPS) is 15.1. The predicted molar refractivity (Wildman–Crippen MR) is 206 cm³/mol. The third-order valence-corrected chi connectivity index (χ3v) is 10.4. The van der Waals surface area contributed by atoms with Gasteiger partial charge in [-0.3, -0.25) is 0 Å². The van der Waals surface area contributed by atoms with E-state index in [-0.39, 0.29) is 5.41 Å². The Morgan fingerprint density at radius 2 is 1.06 bits per heavy atom. The lowest BCUT2D eigenvalue weighted by molar-refractivity contribution is 0.661. The van der Waals surface area contributed by atoms with E-state index in [1.165, 1.54) is 82.8 Å². The van der Waals surface area contributed by atoms with Gasteiger partial charge in [-0.2, -0.15) is 0 Å². The van der Waals surface area contributed by atoms with Crippen molar-refractivity contribution in [2.45, 2.75) is 26.2 Å². The van der Waals surface area contributed by atoms with Crippen LogP contribution in [0.5, 0.6) is 0 Å². The lowest BCUT2D eigenvalue weighted by Crippen LogP contribution is -2.15. The van der Waals surface area contributed by atoms with E-state index in [1.807, 2.05) is 0 Å². The monoisotopic (exact) mass is 616 g/mol. The van der Waals surface area contributed by atoms with Crippen LogP contribution >= 0.6 is 0 Å². The highest BCUT2D eigenvalue weighted by Crippen LogP contribution is 2.51. The summed E-state index contributed by atoms with van der Waals surface area (Å²) >= 11 is 0. The van der Waals surface area contributed by atoms with Gasteiger partial charge in [0.05, 0.1) is 22.1 Å². The number of benzene rings is 6. The van der Waals surface area contributed by atoms with Gasteiger partial charge in [-0.25, -0.2) is 0 Å². The maximum Gasteiger partial charge on any atom is 0.0544 e. The van der Waals surface area contributed by atoms with Crippen LogP contribution in [-0.2, 0) is 5.41 Å². The summed E-state index contributed by atoms with van der Waals surface area (Å²) in [5, 5.41) is 5.02. The molecule has 6 aromatic carbocycles. The fraction of sp³-hybridized carbons (Fsp3) is 0.0870. The first kappa shape index (κ1) is 28.4. The molecule has 8 aromatic rings. The van der Waals surface area contributed by atoms with Gasteiger partial charge >= 0.3 is 0 Å². The molecule has 0 spiro atoms. The first-order valence-corrected chi connectivity index (χ1v) is 16.8. The molecule has 0 saturated heterocycles. The highest BCUT2D eigenvalue weighted by Gasteiger charge is 2.38. The minimum absolute atomic E-state index is 0.141. The van der Waals surface area contributed by atoms with E-state index < -0.39 is 0 Å². The zero-order valence-corrected chi connectivity index (χ0v) is 27.5. The Kier molecular flexibility index (Phi) is 6.26. The minimum atomic E-state index is -0.141. The number of rotatable bonds is 4. The van der Waals surface area contributed by atoms with Gasteiger partial charge in [0.1, 0.15) is 0 Å². The summed E-state index contributed by atoms with van der Waals surface area (Å²) in [4.78, 5) is 0. The van der Waals surface area contributed by atoms with Crippen molar-refractivity contribution in [3.8, 4) is 22.5 Å². The van der Waals surface area contributed by atoms with E-state index in [0.29, 0.717) is 0 Å². The van der Waals surface area contributed by atoms with Crippen LogP contribution in [0.25, 0.3) is 71.7 Å². The predicted octanol–water partition coefficient (Wildman–Crippen LogP) is 12.4. The summed E-state index contributed by atoms with van der Waals surface area (Å²) in [7, 11) is 0. The molecule has 9 rings (SSSR count). The van der Waals surface area contributed by atoms with E-state index in [4.69, 9.17) is 0 Å². The van der Waals surface area contributed by atoms with Crippen molar-refractivity contribution in [3.63, 3.8) is 0 Å². The summed E-state index contributed by atoms with van der Waals surface area (Å²) < 4.78 is 4.80. The van der Waals surface area contributed by atoms with Crippen LogP contribution in [0, 0.1) is 0 Å². The van der Waals surface area contributed by atoms with Crippen LogP contribution < -0.4 is 0 Å². The Morgan fingerprint density at radius 3 is 1.69 bits per heavy atom. The number of hydrogen-bond donors (Lipinski definition) is 0. The lowest BCUT2D eigenvalue weighted by Gasteiger charge is -2.22. The summed E-state index contributed by atoms with van der Waals surface area (Å²) in [5.41, 5.74) is 14.5. The Balaban J connectivity index is 1.29. The second kappa shape index (κ2) is 10.6. The van der Waals surface area contributed by atoms with Crippen molar-refractivity contribution >= 4 is 49.2 Å². The van der Waals surface area contributed by atoms with Crippen LogP contribution in [0.1, 0.15) is 31.9 Å². The van der Waals surface area contributed by atoms with E-state index in [1.54, 1.807) is 0 Å². The van der Waals surface area contributed by atoms with E-state index in [2.05, 4.69) is 188 Å². The fourth-order valence-corrected chi connectivity index (χ4v) is 8.04. The smallest absolute Gasteiger partial charge is 0.0544 e. The Labute approximate surface area is 281 Å². The molecule has 0 amide bonds. The molecule has 0 aliphatic heterocycles. The van der Waals surface area contributed by atoms with E-state index >= 15 is 0 Å². The van der Waals surface area contributed by atoms with Crippen LogP contribution in [0.4, 0.5) is 0 Å². The third-order valence-electron chi connectivity index (χ3n) is 10.4. The highest BCUT2D eigenvalue weighted by molar-refractivity contribution is 6.14. The minimum Gasteiger partial charge on any atom is -0.309 e. The number of nitrogens with zero attached hydrogens (tertiary/aromatic N) is 2. The zero-order chi connectivity index (χ0) is 32.6. The van der Waals surface area contributed by atoms with Crippen LogP contribution in [-0.4, -0.2) is 9.13 Å². The molecule has 1 aliphatic carbocycles. The topological polar surface area (TPSA) is 9.86 Å². The summed E-state index contributed by atoms with van der Waals surface area (Å²) in [5.74, 6) is 0. The van der Waals surface area contributed by atoms with Crippen LogP contribution in [0.3, 0.4) is 0 Å². The molecule has 1 aliphatic rings. The molecule has 0 saturated carbocycles. The maximum atomic E-state index is 4.61. The van der Waals surface area contributed by atoms with Gasteiger partial charge in [0, 0.05) is 38.3 Å². The zero-order valence-electron chi connectivity index (χ0n) is 27.5. The molecule has 0 N–H and O–H groups in total. The summed E-state index contributed by atoms with van der Waals surface area (Å²) in [6, 6.07) is 48.9. The molecule has 48 heavy (non-hydrogen) atoms. The molecule has 0 radical (unpaired) electrons. The Hall–Kier alpha value is -5.86. The van der Waals surface area contributed by atoms with Crippen molar-refractivity contribution in [1.29, 1.82) is 0 Å². The molecule has 2 aromatic heterocycles. The Morgan fingerprint density at radius 1 is 0.542 bits per heavy atom. The van der Waals surface area contributed by atoms with Gasteiger partial charge in [0.15, 0.2) is 0 Å². The number of fused-ring (bicyclic) bond motifs is 7. The van der Waals surface area contributed by atoms with Gasteiger partial charge in [-0.1, -0.05) is 105 Å². The van der Waals surface area contributed by atoms with Crippen molar-refractivity contribution < 1.29 is 0 Å². The van der Waals surface area contributed by atoms with Crippen LogP contribution in [0.15, 0.2) is 164 Å². The van der Waals surface area contributed by atoms with Gasteiger partial charge in [-0.05, 0) is 107 Å². The molecule has 0 bridgehead atoms. The lowest BCUT2D eigenvalue weighted by atomic mass is 9.82. The van der Waals surface area contributed by atoms with Crippen molar-refractivity contribution in [3.05, 3.63) is 175 Å². The maximum absolute atomic E-state index is 4.61. The largest absolute Gasteiger partial charge is 0.309 e. The summed E-state index contributed by atoms with van der Waals surface area (Å²) in [6.45, 7) is 11.3. The van der Waals surface area contributed by atoms with Crippen molar-refractivity contribution in [1.82, 2.24) is 9.13 Å².